The first-order valence-electron chi connectivity index (χ1n) is 6.98. The van der Waals surface area contributed by atoms with E-state index in [1.54, 1.807) is 12.1 Å². The highest BCUT2D eigenvalue weighted by atomic mass is 35.5. The van der Waals surface area contributed by atoms with Crippen molar-refractivity contribution in [1.82, 2.24) is 10.2 Å². The van der Waals surface area contributed by atoms with Crippen LogP contribution in [0.1, 0.15) is 32.3 Å². The van der Waals surface area contributed by atoms with E-state index in [0.717, 1.165) is 25.9 Å². The van der Waals surface area contributed by atoms with Crippen molar-refractivity contribution in [3.05, 3.63) is 34.6 Å². The topological polar surface area (TPSA) is 15.3 Å². The van der Waals surface area contributed by atoms with Crippen molar-refractivity contribution in [1.29, 1.82) is 0 Å². The minimum Gasteiger partial charge on any atom is -0.310 e. The van der Waals surface area contributed by atoms with Crippen molar-refractivity contribution in [2.75, 3.05) is 13.1 Å². The van der Waals surface area contributed by atoms with Crippen LogP contribution < -0.4 is 5.32 Å². The molecule has 0 spiro atoms. The van der Waals surface area contributed by atoms with Crippen LogP contribution in [0.5, 0.6) is 0 Å². The maximum atomic E-state index is 13.6. The largest absolute Gasteiger partial charge is 0.310 e. The van der Waals surface area contributed by atoms with E-state index < -0.39 is 0 Å². The first kappa shape index (κ1) is 14.8. The predicted molar refractivity (Wildman–Crippen MR) is 78.0 cm³/mol. The third kappa shape index (κ3) is 3.91. The standard InChI is InChI=1S/C15H22ClFN2/c1-11(2)19-8-6-12(7-9-19)18-10-13-14(16)4-3-5-15(13)17/h3-5,11-12,18H,6-10H2,1-2H3. The van der Waals surface area contributed by atoms with E-state index in [1.807, 2.05) is 0 Å². The van der Waals surface area contributed by atoms with Crippen molar-refractivity contribution in [3.63, 3.8) is 0 Å². The number of likely N-dealkylation sites (tertiary alicyclic amines) is 1. The van der Waals surface area contributed by atoms with Crippen LogP contribution in [-0.4, -0.2) is 30.1 Å². The van der Waals surface area contributed by atoms with E-state index in [9.17, 15) is 4.39 Å². The highest BCUT2D eigenvalue weighted by Gasteiger charge is 2.20. The Morgan fingerprint density at radius 3 is 2.63 bits per heavy atom. The summed E-state index contributed by atoms with van der Waals surface area (Å²) in [6.07, 6.45) is 2.23. The second kappa shape index (κ2) is 6.69. The van der Waals surface area contributed by atoms with Gasteiger partial charge in [-0.25, -0.2) is 4.39 Å². The number of rotatable bonds is 4. The molecule has 0 bridgehead atoms. The van der Waals surface area contributed by atoms with Gasteiger partial charge in [0.15, 0.2) is 0 Å². The van der Waals surface area contributed by atoms with E-state index in [1.165, 1.54) is 6.07 Å². The molecule has 106 valence electrons. The lowest BCUT2D eigenvalue weighted by atomic mass is 10.0. The van der Waals surface area contributed by atoms with Crippen LogP contribution in [0.2, 0.25) is 5.02 Å². The van der Waals surface area contributed by atoms with Crippen LogP contribution >= 0.6 is 11.6 Å². The van der Waals surface area contributed by atoms with Gasteiger partial charge in [0, 0.05) is 29.2 Å². The molecular formula is C15H22ClFN2. The SMILES string of the molecule is CC(C)N1CCC(NCc2c(F)cccc2Cl)CC1. The minimum atomic E-state index is -0.223. The van der Waals surface area contributed by atoms with Crippen molar-refractivity contribution >= 4 is 11.6 Å². The summed E-state index contributed by atoms with van der Waals surface area (Å²) in [6.45, 7) is 7.19. The summed E-state index contributed by atoms with van der Waals surface area (Å²) in [5.41, 5.74) is 0.579. The molecule has 1 aromatic rings. The predicted octanol–water partition coefficient (Wildman–Crippen LogP) is 3.44. The van der Waals surface area contributed by atoms with Gasteiger partial charge in [-0.2, -0.15) is 0 Å². The van der Waals surface area contributed by atoms with E-state index in [4.69, 9.17) is 11.6 Å². The average molecular weight is 285 g/mol. The van der Waals surface area contributed by atoms with Gasteiger partial charge in [0.1, 0.15) is 5.82 Å². The monoisotopic (exact) mass is 284 g/mol. The molecule has 0 saturated carbocycles. The molecule has 19 heavy (non-hydrogen) atoms. The van der Waals surface area contributed by atoms with Crippen molar-refractivity contribution in [2.45, 2.75) is 45.3 Å². The van der Waals surface area contributed by atoms with E-state index in [-0.39, 0.29) is 5.82 Å². The first-order chi connectivity index (χ1) is 9.08. The number of halogens is 2. The molecule has 0 amide bonds. The van der Waals surface area contributed by atoms with Crippen molar-refractivity contribution < 1.29 is 4.39 Å². The fourth-order valence-corrected chi connectivity index (χ4v) is 2.80. The molecule has 1 aromatic carbocycles. The molecule has 0 aromatic heterocycles. The molecule has 1 heterocycles. The van der Waals surface area contributed by atoms with Gasteiger partial charge in [0.05, 0.1) is 0 Å². The van der Waals surface area contributed by atoms with Crippen LogP contribution in [0.3, 0.4) is 0 Å². The first-order valence-corrected chi connectivity index (χ1v) is 7.36. The Hall–Kier alpha value is -0.640. The van der Waals surface area contributed by atoms with Crippen LogP contribution in [0.4, 0.5) is 4.39 Å². The molecule has 1 saturated heterocycles. The summed E-state index contributed by atoms with van der Waals surface area (Å²) in [5.74, 6) is -0.223. The summed E-state index contributed by atoms with van der Waals surface area (Å²) >= 11 is 6.02. The minimum absolute atomic E-state index is 0.223. The molecule has 1 fully saturated rings. The second-order valence-corrected chi connectivity index (χ2v) is 5.89. The Bertz CT molecular complexity index is 394. The fourth-order valence-electron chi connectivity index (χ4n) is 2.57. The van der Waals surface area contributed by atoms with Gasteiger partial charge >= 0.3 is 0 Å². The number of benzene rings is 1. The van der Waals surface area contributed by atoms with E-state index >= 15 is 0 Å². The van der Waals surface area contributed by atoms with Gasteiger partial charge < -0.3 is 10.2 Å². The number of piperidine rings is 1. The lowest BCUT2D eigenvalue weighted by molar-refractivity contribution is 0.160. The summed E-state index contributed by atoms with van der Waals surface area (Å²) in [6, 6.07) is 5.92. The highest BCUT2D eigenvalue weighted by Crippen LogP contribution is 2.20. The van der Waals surface area contributed by atoms with Crippen LogP contribution in [0, 0.1) is 5.82 Å². The van der Waals surface area contributed by atoms with Gasteiger partial charge in [-0.3, -0.25) is 0 Å². The Labute approximate surface area is 119 Å². The van der Waals surface area contributed by atoms with Crippen LogP contribution in [0.15, 0.2) is 18.2 Å². The third-order valence-electron chi connectivity index (χ3n) is 3.89. The molecule has 1 aliphatic heterocycles. The lowest BCUT2D eigenvalue weighted by Crippen LogP contribution is -2.44. The smallest absolute Gasteiger partial charge is 0.129 e. The van der Waals surface area contributed by atoms with E-state index in [0.29, 0.717) is 29.2 Å². The molecule has 0 aliphatic carbocycles. The second-order valence-electron chi connectivity index (χ2n) is 5.49. The normalized spacial score (nSPS) is 18.2. The van der Waals surface area contributed by atoms with Gasteiger partial charge in [-0.1, -0.05) is 17.7 Å². The number of nitrogens with one attached hydrogen (secondary N) is 1. The zero-order chi connectivity index (χ0) is 13.8. The molecule has 4 heteroatoms. The molecule has 1 aliphatic rings. The van der Waals surface area contributed by atoms with Crippen LogP contribution in [-0.2, 0) is 6.54 Å². The molecular weight excluding hydrogens is 263 g/mol. The number of nitrogens with zero attached hydrogens (tertiary/aromatic N) is 1. The summed E-state index contributed by atoms with van der Waals surface area (Å²) in [7, 11) is 0. The highest BCUT2D eigenvalue weighted by molar-refractivity contribution is 6.31. The summed E-state index contributed by atoms with van der Waals surface area (Å²) in [4.78, 5) is 2.48. The van der Waals surface area contributed by atoms with E-state index in [2.05, 4.69) is 24.1 Å². The maximum Gasteiger partial charge on any atom is 0.129 e. The number of hydrogen-bond acceptors (Lipinski definition) is 2. The van der Waals surface area contributed by atoms with Gasteiger partial charge in [0.25, 0.3) is 0 Å². The number of hydrogen-bond donors (Lipinski definition) is 1. The zero-order valence-electron chi connectivity index (χ0n) is 11.6. The molecule has 0 unspecified atom stereocenters. The third-order valence-corrected chi connectivity index (χ3v) is 4.24. The van der Waals surface area contributed by atoms with Crippen molar-refractivity contribution in [2.24, 2.45) is 0 Å². The van der Waals surface area contributed by atoms with Gasteiger partial charge in [-0.15, -0.1) is 0 Å². The van der Waals surface area contributed by atoms with Gasteiger partial charge in [-0.05, 0) is 51.9 Å². The zero-order valence-corrected chi connectivity index (χ0v) is 12.4. The molecule has 1 N–H and O–H groups in total. The molecule has 2 nitrogen and oxygen atoms in total. The van der Waals surface area contributed by atoms with Crippen molar-refractivity contribution in [3.8, 4) is 0 Å². The van der Waals surface area contributed by atoms with Crippen LogP contribution in [0.25, 0.3) is 0 Å². The fraction of sp³-hybridized carbons (Fsp3) is 0.600. The Morgan fingerprint density at radius 1 is 1.37 bits per heavy atom. The quantitative estimate of drug-likeness (QED) is 0.911. The lowest BCUT2D eigenvalue weighted by Gasteiger charge is -2.35. The Kier molecular flexibility index (Phi) is 5.20. The molecule has 0 atom stereocenters. The molecule has 0 radical (unpaired) electrons. The Balaban J connectivity index is 1.84. The molecule has 2 rings (SSSR count). The Morgan fingerprint density at radius 2 is 2.05 bits per heavy atom. The maximum absolute atomic E-state index is 13.6. The average Bonchev–Trinajstić information content (AvgIpc) is 2.38. The summed E-state index contributed by atoms with van der Waals surface area (Å²) < 4.78 is 13.6. The summed E-state index contributed by atoms with van der Waals surface area (Å²) in [5, 5.41) is 3.93. The van der Waals surface area contributed by atoms with Gasteiger partial charge in [0.2, 0.25) is 0 Å².